The van der Waals surface area contributed by atoms with Crippen LogP contribution in [-0.4, -0.2) is 4.57 Å². The second kappa shape index (κ2) is 5.74. The van der Waals surface area contributed by atoms with Crippen molar-refractivity contribution in [3.05, 3.63) is 52.3 Å². The van der Waals surface area contributed by atoms with E-state index in [-0.39, 0.29) is 24.0 Å². The van der Waals surface area contributed by atoms with Crippen molar-refractivity contribution in [1.29, 1.82) is 0 Å². The van der Waals surface area contributed by atoms with Crippen LogP contribution in [-0.2, 0) is 14.1 Å². The van der Waals surface area contributed by atoms with Gasteiger partial charge >= 0.3 is 0 Å². The minimum absolute atomic E-state index is 0. The molecule has 2 heterocycles. The summed E-state index contributed by atoms with van der Waals surface area (Å²) in [6, 6.07) is 8.78. The summed E-state index contributed by atoms with van der Waals surface area (Å²) in [5.74, 6) is 0. The number of hydrogen-bond donors (Lipinski definition) is 0. The number of fused-ring (bicyclic) bond motifs is 4. The first-order chi connectivity index (χ1) is 10.5. The van der Waals surface area contributed by atoms with Gasteiger partial charge < -0.3 is 28.5 Å². The molecule has 4 heteroatoms. The van der Waals surface area contributed by atoms with E-state index in [0.29, 0.717) is 0 Å². The van der Waals surface area contributed by atoms with Crippen molar-refractivity contribution in [3.63, 3.8) is 0 Å². The summed E-state index contributed by atoms with van der Waals surface area (Å²) in [6.45, 7) is 4.47. The Morgan fingerprint density at radius 1 is 1.00 bits per heavy atom. The average Bonchev–Trinajstić information content (AvgIpc) is 2.77. The Labute approximate surface area is 161 Å². The van der Waals surface area contributed by atoms with Crippen molar-refractivity contribution in [2.45, 2.75) is 13.8 Å². The van der Waals surface area contributed by atoms with E-state index in [1.54, 1.807) is 0 Å². The molecule has 2 nitrogen and oxygen atoms in total. The second-order valence-corrected chi connectivity index (χ2v) is 7.05. The minimum Gasteiger partial charge on any atom is -1.00 e. The van der Waals surface area contributed by atoms with E-state index in [1.807, 2.05) is 0 Å². The van der Waals surface area contributed by atoms with E-state index in [0.717, 1.165) is 4.47 Å². The number of aromatic nitrogens is 2. The van der Waals surface area contributed by atoms with E-state index in [2.05, 4.69) is 89.7 Å². The Kier molecular flexibility index (Phi) is 4.17. The zero-order chi connectivity index (χ0) is 15.6. The van der Waals surface area contributed by atoms with Crippen molar-refractivity contribution in [2.75, 3.05) is 0 Å². The highest BCUT2D eigenvalue weighted by molar-refractivity contribution is 9.10. The van der Waals surface area contributed by atoms with Gasteiger partial charge in [0.25, 0.3) is 0 Å². The quantitative estimate of drug-likeness (QED) is 0.267. The van der Waals surface area contributed by atoms with Gasteiger partial charge in [0.05, 0.1) is 5.52 Å². The van der Waals surface area contributed by atoms with Gasteiger partial charge in [-0.25, -0.2) is 4.57 Å². The molecule has 118 valence electrons. The molecule has 0 N–H and O–H groups in total. The molecule has 0 aliphatic heterocycles. The molecule has 0 aliphatic carbocycles. The molecular formula is C19H18BrIN2. The highest BCUT2D eigenvalue weighted by atomic mass is 127. The van der Waals surface area contributed by atoms with Crippen LogP contribution in [0.15, 0.2) is 41.1 Å². The van der Waals surface area contributed by atoms with Crippen LogP contribution in [0.5, 0.6) is 0 Å². The lowest BCUT2D eigenvalue weighted by Crippen LogP contribution is -3.00. The lowest BCUT2D eigenvalue weighted by Gasteiger charge is -2.09. The van der Waals surface area contributed by atoms with E-state index >= 15 is 0 Å². The molecular weight excluding hydrogens is 463 g/mol. The molecule has 0 aliphatic rings. The molecule has 0 saturated heterocycles. The monoisotopic (exact) mass is 480 g/mol. The van der Waals surface area contributed by atoms with Crippen LogP contribution < -0.4 is 28.5 Å². The smallest absolute Gasteiger partial charge is 0.176 e. The van der Waals surface area contributed by atoms with Gasteiger partial charge in [0.2, 0.25) is 0 Å². The summed E-state index contributed by atoms with van der Waals surface area (Å²) in [6.07, 6.45) is 4.35. The summed E-state index contributed by atoms with van der Waals surface area (Å²) >= 11 is 3.62. The second-order valence-electron chi connectivity index (χ2n) is 6.13. The molecule has 0 atom stereocenters. The first kappa shape index (κ1) is 16.7. The Morgan fingerprint density at radius 2 is 1.74 bits per heavy atom. The maximum absolute atomic E-state index is 3.62. The molecule has 0 saturated carbocycles. The van der Waals surface area contributed by atoms with Crippen LogP contribution in [0.3, 0.4) is 0 Å². The lowest BCUT2D eigenvalue weighted by atomic mass is 9.97. The van der Waals surface area contributed by atoms with Gasteiger partial charge in [-0.3, -0.25) is 0 Å². The van der Waals surface area contributed by atoms with Gasteiger partial charge in [0.15, 0.2) is 12.4 Å². The van der Waals surface area contributed by atoms with Crippen molar-refractivity contribution in [2.24, 2.45) is 14.1 Å². The molecule has 2 aromatic carbocycles. The predicted molar refractivity (Wildman–Crippen MR) is 96.3 cm³/mol. The van der Waals surface area contributed by atoms with E-state index in [1.165, 1.54) is 43.7 Å². The van der Waals surface area contributed by atoms with Gasteiger partial charge in [-0.15, -0.1) is 0 Å². The number of aryl methyl sites for hydroxylation is 4. The molecule has 0 fully saturated rings. The van der Waals surface area contributed by atoms with Crippen molar-refractivity contribution in [3.8, 4) is 0 Å². The van der Waals surface area contributed by atoms with E-state index < -0.39 is 0 Å². The number of pyridine rings is 1. The maximum Gasteiger partial charge on any atom is 0.176 e. The van der Waals surface area contributed by atoms with Gasteiger partial charge in [-0.05, 0) is 48.6 Å². The molecule has 4 aromatic rings. The first-order valence-corrected chi connectivity index (χ1v) is 8.24. The Balaban J connectivity index is 0.00000156. The summed E-state index contributed by atoms with van der Waals surface area (Å²) in [4.78, 5) is 0. The fourth-order valence-electron chi connectivity index (χ4n) is 3.72. The topological polar surface area (TPSA) is 8.81 Å². The van der Waals surface area contributed by atoms with Crippen molar-refractivity contribution >= 4 is 48.5 Å². The van der Waals surface area contributed by atoms with Crippen LogP contribution >= 0.6 is 15.9 Å². The Hall–Kier alpha value is -1.14. The summed E-state index contributed by atoms with van der Waals surface area (Å²) in [7, 11) is 4.25. The molecule has 0 bridgehead atoms. The molecule has 0 spiro atoms. The highest BCUT2D eigenvalue weighted by Gasteiger charge is 2.17. The molecule has 23 heavy (non-hydrogen) atoms. The van der Waals surface area contributed by atoms with E-state index in [9.17, 15) is 0 Å². The number of hydrogen-bond acceptors (Lipinski definition) is 0. The van der Waals surface area contributed by atoms with E-state index in [4.69, 9.17) is 0 Å². The van der Waals surface area contributed by atoms with Crippen molar-refractivity contribution in [1.82, 2.24) is 4.57 Å². The number of nitrogens with zero attached hydrogens (tertiary/aromatic N) is 2. The van der Waals surface area contributed by atoms with Crippen LogP contribution in [0.4, 0.5) is 0 Å². The number of halogens is 2. The van der Waals surface area contributed by atoms with Gasteiger partial charge in [-0.1, -0.05) is 15.9 Å². The first-order valence-electron chi connectivity index (χ1n) is 7.45. The molecule has 0 radical (unpaired) electrons. The number of benzene rings is 2. The molecule has 0 unspecified atom stereocenters. The predicted octanol–water partition coefficient (Wildman–Crippen LogP) is 1.69. The molecule has 0 amide bonds. The Morgan fingerprint density at radius 3 is 2.48 bits per heavy atom. The minimum atomic E-state index is 0. The van der Waals surface area contributed by atoms with Crippen molar-refractivity contribution < 1.29 is 28.5 Å². The lowest BCUT2D eigenvalue weighted by molar-refractivity contribution is -0.670. The maximum atomic E-state index is 3.62. The van der Waals surface area contributed by atoms with Gasteiger partial charge in [0, 0.05) is 39.3 Å². The molecule has 2 aromatic heterocycles. The van der Waals surface area contributed by atoms with Crippen LogP contribution in [0.1, 0.15) is 11.1 Å². The van der Waals surface area contributed by atoms with Gasteiger partial charge in [0.1, 0.15) is 7.05 Å². The zero-order valence-corrected chi connectivity index (χ0v) is 17.4. The third kappa shape index (κ3) is 2.30. The SMILES string of the molecule is Cc1c2c[n+](C)ccc2c(C)c2c1c1cc(Br)ccc1n2C.[I-]. The van der Waals surface area contributed by atoms with Crippen LogP contribution in [0.2, 0.25) is 0 Å². The van der Waals surface area contributed by atoms with Crippen LogP contribution in [0.25, 0.3) is 32.6 Å². The highest BCUT2D eigenvalue weighted by Crippen LogP contribution is 2.38. The fraction of sp³-hybridized carbons (Fsp3) is 0.211. The number of rotatable bonds is 0. The third-order valence-corrected chi connectivity index (χ3v) is 5.29. The fourth-order valence-corrected chi connectivity index (χ4v) is 4.08. The Bertz CT molecular complexity index is 1080. The molecule has 4 rings (SSSR count). The zero-order valence-electron chi connectivity index (χ0n) is 13.6. The van der Waals surface area contributed by atoms with Crippen LogP contribution in [0, 0.1) is 13.8 Å². The summed E-state index contributed by atoms with van der Waals surface area (Å²) in [5.41, 5.74) is 5.33. The summed E-state index contributed by atoms with van der Waals surface area (Å²) in [5, 5.41) is 5.37. The van der Waals surface area contributed by atoms with Gasteiger partial charge in [-0.2, -0.15) is 0 Å². The normalized spacial score (nSPS) is 11.3. The average molecular weight is 481 g/mol. The largest absolute Gasteiger partial charge is 1.00 e. The summed E-state index contributed by atoms with van der Waals surface area (Å²) < 4.78 is 5.58. The third-order valence-electron chi connectivity index (χ3n) is 4.80. The standard InChI is InChI=1S/C19H18BrN2.HI/c1-11-16-10-21(3)8-7-14(16)12(2)19-18(11)15-9-13(20)5-6-17(15)22(19)4;/h5-10H,1-4H3;1H/q+1;/p-1.